The Morgan fingerprint density at radius 1 is 0.426 bits per heavy atom. The molecule has 0 aliphatic rings. The zero-order valence-corrected chi connectivity index (χ0v) is 26.2. The maximum atomic E-state index is 6.28. The standard InChI is InChI=1S/C44H27NOS/c1-3-11-28(12-4-1)36-25-30-13-7-8-16-34(30)44-43(36)38-27-33(22-24-41(38)47-44)45(31-14-5-2-6-15-31)32-21-19-29-20-23-40-42(37(29)26-32)35-17-9-10-18-39(35)46-40/h1-27H. The minimum Gasteiger partial charge on any atom is -0.456 e. The predicted molar refractivity (Wildman–Crippen MR) is 202 cm³/mol. The van der Waals surface area contributed by atoms with Gasteiger partial charge in [0, 0.05) is 48.0 Å². The fraction of sp³-hybridized carbons (Fsp3) is 0. The molecule has 47 heavy (non-hydrogen) atoms. The largest absolute Gasteiger partial charge is 0.456 e. The minimum absolute atomic E-state index is 0.911. The summed E-state index contributed by atoms with van der Waals surface area (Å²) in [5, 5.41) is 9.84. The van der Waals surface area contributed by atoms with Crippen LogP contribution in [0.5, 0.6) is 0 Å². The highest BCUT2D eigenvalue weighted by atomic mass is 32.1. The summed E-state index contributed by atoms with van der Waals surface area (Å²) in [6.45, 7) is 0. The van der Waals surface area contributed by atoms with Gasteiger partial charge < -0.3 is 9.32 Å². The molecule has 0 saturated heterocycles. The first-order valence-corrected chi connectivity index (χ1v) is 16.7. The van der Waals surface area contributed by atoms with Gasteiger partial charge in [-0.05, 0) is 93.3 Å². The first kappa shape index (κ1) is 26.3. The van der Waals surface area contributed by atoms with Crippen LogP contribution in [0.3, 0.4) is 0 Å². The van der Waals surface area contributed by atoms with Crippen LogP contribution in [-0.4, -0.2) is 0 Å². The van der Waals surface area contributed by atoms with E-state index in [1.165, 1.54) is 52.8 Å². The van der Waals surface area contributed by atoms with Gasteiger partial charge >= 0.3 is 0 Å². The molecule has 0 spiro atoms. The maximum absolute atomic E-state index is 6.28. The fourth-order valence-electron chi connectivity index (χ4n) is 7.28. The van der Waals surface area contributed by atoms with Crippen molar-refractivity contribution < 1.29 is 4.42 Å². The molecule has 0 amide bonds. The fourth-order valence-corrected chi connectivity index (χ4v) is 8.52. The number of anilines is 3. The van der Waals surface area contributed by atoms with Gasteiger partial charge in [0.05, 0.1) is 0 Å². The second-order valence-corrected chi connectivity index (χ2v) is 13.2. The monoisotopic (exact) mass is 617 g/mol. The molecule has 2 nitrogen and oxygen atoms in total. The first-order chi connectivity index (χ1) is 23.3. The molecule has 2 aromatic heterocycles. The average Bonchev–Trinajstić information content (AvgIpc) is 3.71. The van der Waals surface area contributed by atoms with Crippen molar-refractivity contribution in [2.75, 3.05) is 4.90 Å². The normalized spacial score (nSPS) is 11.8. The Morgan fingerprint density at radius 2 is 1.11 bits per heavy atom. The number of fused-ring (bicyclic) bond motifs is 10. The first-order valence-electron chi connectivity index (χ1n) is 15.9. The highest BCUT2D eigenvalue weighted by Crippen LogP contribution is 2.47. The summed E-state index contributed by atoms with van der Waals surface area (Å²) in [6.07, 6.45) is 0. The van der Waals surface area contributed by atoms with Crippen LogP contribution in [0.4, 0.5) is 17.1 Å². The number of furan rings is 1. The van der Waals surface area contributed by atoms with Gasteiger partial charge in [0.1, 0.15) is 11.2 Å². The Kier molecular flexibility index (Phi) is 5.78. The van der Waals surface area contributed by atoms with Crippen LogP contribution in [-0.2, 0) is 0 Å². The van der Waals surface area contributed by atoms with Gasteiger partial charge in [-0.3, -0.25) is 0 Å². The molecule has 0 fully saturated rings. The SMILES string of the molecule is c1ccc(-c2cc3ccccc3c3sc4ccc(N(c5ccccc5)c5ccc6ccc7oc8ccccc8c7c6c5)cc4c23)cc1. The molecule has 3 heteroatoms. The van der Waals surface area contributed by atoms with E-state index in [-0.39, 0.29) is 0 Å². The van der Waals surface area contributed by atoms with E-state index >= 15 is 0 Å². The van der Waals surface area contributed by atoms with Crippen molar-refractivity contribution in [3.8, 4) is 11.1 Å². The quantitative estimate of drug-likeness (QED) is 0.195. The molecular weight excluding hydrogens is 591 g/mol. The molecule has 0 unspecified atom stereocenters. The van der Waals surface area contributed by atoms with Gasteiger partial charge in [-0.15, -0.1) is 11.3 Å². The van der Waals surface area contributed by atoms with Gasteiger partial charge in [0.15, 0.2) is 0 Å². The maximum Gasteiger partial charge on any atom is 0.136 e. The molecule has 10 aromatic rings. The highest BCUT2D eigenvalue weighted by Gasteiger charge is 2.19. The van der Waals surface area contributed by atoms with Crippen molar-refractivity contribution in [1.29, 1.82) is 0 Å². The van der Waals surface area contributed by atoms with Crippen molar-refractivity contribution in [2.45, 2.75) is 0 Å². The highest BCUT2D eigenvalue weighted by molar-refractivity contribution is 7.26. The zero-order chi connectivity index (χ0) is 30.9. The lowest BCUT2D eigenvalue weighted by Gasteiger charge is -2.26. The van der Waals surface area contributed by atoms with Crippen molar-refractivity contribution >= 4 is 92.1 Å². The number of benzene rings is 8. The van der Waals surface area contributed by atoms with Crippen LogP contribution < -0.4 is 4.90 Å². The summed E-state index contributed by atoms with van der Waals surface area (Å²) in [4.78, 5) is 2.38. The summed E-state index contributed by atoms with van der Waals surface area (Å²) in [6, 6.07) is 59.0. The molecular formula is C44H27NOS. The second kappa shape index (κ2) is 10.3. The van der Waals surface area contributed by atoms with Crippen molar-refractivity contribution in [1.82, 2.24) is 0 Å². The molecule has 0 radical (unpaired) electrons. The van der Waals surface area contributed by atoms with E-state index in [1.54, 1.807) is 0 Å². The summed E-state index contributed by atoms with van der Waals surface area (Å²) < 4.78 is 8.90. The van der Waals surface area contributed by atoms with Crippen molar-refractivity contribution in [3.63, 3.8) is 0 Å². The Hall–Kier alpha value is -5.90. The number of hydrogen-bond acceptors (Lipinski definition) is 3. The molecule has 0 saturated carbocycles. The third kappa shape index (κ3) is 4.10. The molecule has 0 N–H and O–H groups in total. The van der Waals surface area contributed by atoms with E-state index in [2.05, 4.69) is 163 Å². The minimum atomic E-state index is 0.911. The smallest absolute Gasteiger partial charge is 0.136 e. The topological polar surface area (TPSA) is 16.4 Å². The van der Waals surface area contributed by atoms with Crippen LogP contribution in [0.25, 0.3) is 74.8 Å². The number of nitrogens with zero attached hydrogens (tertiary/aromatic N) is 1. The van der Waals surface area contributed by atoms with Crippen LogP contribution in [0.1, 0.15) is 0 Å². The number of thiophene rings is 1. The van der Waals surface area contributed by atoms with Gasteiger partial charge in [0.2, 0.25) is 0 Å². The van der Waals surface area contributed by atoms with E-state index in [0.717, 1.165) is 39.0 Å². The summed E-state index contributed by atoms with van der Waals surface area (Å²) in [5.41, 5.74) is 7.68. The Labute approximate surface area is 275 Å². The Morgan fingerprint density at radius 3 is 1.96 bits per heavy atom. The zero-order valence-electron chi connectivity index (χ0n) is 25.4. The third-order valence-corrected chi connectivity index (χ3v) is 10.6. The lowest BCUT2D eigenvalue weighted by Crippen LogP contribution is -2.09. The predicted octanol–water partition coefficient (Wildman–Crippen LogP) is 13.4. The molecule has 0 aliphatic carbocycles. The van der Waals surface area contributed by atoms with Crippen molar-refractivity contribution in [2.24, 2.45) is 0 Å². The summed E-state index contributed by atoms with van der Waals surface area (Å²) in [7, 11) is 0. The Balaban J connectivity index is 1.25. The molecule has 0 bridgehead atoms. The van der Waals surface area contributed by atoms with Crippen LogP contribution in [0.15, 0.2) is 168 Å². The van der Waals surface area contributed by atoms with Crippen LogP contribution >= 0.6 is 11.3 Å². The van der Waals surface area contributed by atoms with E-state index in [4.69, 9.17) is 4.42 Å². The van der Waals surface area contributed by atoms with Gasteiger partial charge in [0.25, 0.3) is 0 Å². The van der Waals surface area contributed by atoms with Crippen molar-refractivity contribution in [3.05, 3.63) is 164 Å². The van der Waals surface area contributed by atoms with Gasteiger partial charge in [-0.25, -0.2) is 0 Å². The van der Waals surface area contributed by atoms with Gasteiger partial charge in [-0.2, -0.15) is 0 Å². The molecule has 10 rings (SSSR count). The number of rotatable bonds is 4. The summed E-state index contributed by atoms with van der Waals surface area (Å²) >= 11 is 1.89. The summed E-state index contributed by atoms with van der Waals surface area (Å²) in [5.74, 6) is 0. The van der Waals surface area contributed by atoms with E-state index in [0.29, 0.717) is 0 Å². The molecule has 0 atom stereocenters. The Bertz CT molecular complexity index is 2790. The van der Waals surface area contributed by atoms with Crippen LogP contribution in [0.2, 0.25) is 0 Å². The van der Waals surface area contributed by atoms with E-state index < -0.39 is 0 Å². The number of para-hydroxylation sites is 2. The van der Waals surface area contributed by atoms with Crippen LogP contribution in [0, 0.1) is 0 Å². The third-order valence-electron chi connectivity index (χ3n) is 9.40. The molecule has 8 aromatic carbocycles. The van der Waals surface area contributed by atoms with E-state index in [9.17, 15) is 0 Å². The molecule has 2 heterocycles. The molecule has 220 valence electrons. The van der Waals surface area contributed by atoms with Gasteiger partial charge in [-0.1, -0.05) is 103 Å². The lowest BCUT2D eigenvalue weighted by atomic mass is 9.95. The second-order valence-electron chi connectivity index (χ2n) is 12.1. The van der Waals surface area contributed by atoms with E-state index in [1.807, 2.05) is 17.4 Å². The lowest BCUT2D eigenvalue weighted by molar-refractivity contribution is 0.669. The number of hydrogen-bond donors (Lipinski definition) is 0. The molecule has 0 aliphatic heterocycles. The average molecular weight is 618 g/mol.